The quantitative estimate of drug-likeness (QED) is 0.640. The first kappa shape index (κ1) is 13.8. The molecule has 0 unspecified atom stereocenters. The molecule has 0 N–H and O–H groups in total. The van der Waals surface area contributed by atoms with Crippen LogP contribution >= 0.6 is 0 Å². The van der Waals surface area contributed by atoms with Crippen LogP contribution in [-0.2, 0) is 6.54 Å². The van der Waals surface area contributed by atoms with Crippen molar-refractivity contribution in [1.29, 1.82) is 0 Å². The van der Waals surface area contributed by atoms with Gasteiger partial charge in [-0.05, 0) is 11.1 Å². The van der Waals surface area contributed by atoms with Crippen LogP contribution in [0.15, 0.2) is 60.7 Å². The lowest BCUT2D eigenvalue weighted by Gasteiger charge is -2.15. The molecule has 0 spiro atoms. The van der Waals surface area contributed by atoms with Gasteiger partial charge >= 0.3 is 0 Å². The fourth-order valence-corrected chi connectivity index (χ4v) is 3.08. The Bertz CT molecular complexity index is 601. The van der Waals surface area contributed by atoms with Crippen LogP contribution in [-0.4, -0.2) is 29.0 Å². The third-order valence-electron chi connectivity index (χ3n) is 4.11. The Kier molecular flexibility index (Phi) is 3.97. The van der Waals surface area contributed by atoms with E-state index >= 15 is 0 Å². The molecule has 21 heavy (non-hydrogen) atoms. The summed E-state index contributed by atoms with van der Waals surface area (Å²) < 4.78 is 0. The highest BCUT2D eigenvalue weighted by molar-refractivity contribution is 5.23. The summed E-state index contributed by atoms with van der Waals surface area (Å²) in [6.45, 7) is 2.03. The Balaban J connectivity index is 1.77. The van der Waals surface area contributed by atoms with Gasteiger partial charge in [-0.1, -0.05) is 60.7 Å². The van der Waals surface area contributed by atoms with Gasteiger partial charge in [0, 0.05) is 18.0 Å². The first-order valence-corrected chi connectivity index (χ1v) is 7.19. The summed E-state index contributed by atoms with van der Waals surface area (Å²) in [5.74, 6) is -0.0232. The van der Waals surface area contributed by atoms with Gasteiger partial charge in [0.2, 0.25) is 6.04 Å². The van der Waals surface area contributed by atoms with Crippen LogP contribution in [0.25, 0.3) is 0 Å². The van der Waals surface area contributed by atoms with Crippen molar-refractivity contribution >= 4 is 0 Å². The normalized spacial score (nSPS) is 22.3. The van der Waals surface area contributed by atoms with Crippen LogP contribution in [0.5, 0.6) is 0 Å². The Morgan fingerprint density at radius 2 is 1.62 bits per heavy atom. The average molecular weight is 282 g/mol. The van der Waals surface area contributed by atoms with Crippen molar-refractivity contribution in [3.05, 3.63) is 81.9 Å². The standard InChI is InChI=1S/C17H18N2O2/c20-19(21)17-13-18(11-14-7-3-1-4-8-14)12-16(17)15-9-5-2-6-10-15/h1-10,16-17H,11-13H2/t16-,17-/m1/s1. The van der Waals surface area contributed by atoms with E-state index in [4.69, 9.17) is 0 Å². The average Bonchev–Trinajstić information content (AvgIpc) is 2.93. The molecule has 3 rings (SSSR count). The second kappa shape index (κ2) is 6.06. The van der Waals surface area contributed by atoms with E-state index < -0.39 is 6.04 Å². The molecule has 1 aliphatic rings. The zero-order chi connectivity index (χ0) is 14.7. The van der Waals surface area contributed by atoms with Crippen LogP contribution in [0, 0.1) is 10.1 Å². The van der Waals surface area contributed by atoms with Gasteiger partial charge in [0.25, 0.3) is 0 Å². The number of rotatable bonds is 4. The van der Waals surface area contributed by atoms with E-state index in [9.17, 15) is 10.1 Å². The lowest BCUT2D eigenvalue weighted by Crippen LogP contribution is -2.28. The Hall–Kier alpha value is -2.20. The van der Waals surface area contributed by atoms with E-state index in [1.54, 1.807) is 0 Å². The highest BCUT2D eigenvalue weighted by atomic mass is 16.6. The number of hydrogen-bond donors (Lipinski definition) is 0. The largest absolute Gasteiger partial charge is 0.292 e. The summed E-state index contributed by atoms with van der Waals surface area (Å²) in [6.07, 6.45) is 0. The molecule has 1 fully saturated rings. The maximum absolute atomic E-state index is 11.4. The molecule has 108 valence electrons. The molecular weight excluding hydrogens is 264 g/mol. The van der Waals surface area contributed by atoms with Crippen LogP contribution in [0.2, 0.25) is 0 Å². The van der Waals surface area contributed by atoms with Crippen molar-refractivity contribution in [3.8, 4) is 0 Å². The van der Waals surface area contributed by atoms with E-state index in [2.05, 4.69) is 17.0 Å². The molecule has 4 nitrogen and oxygen atoms in total. The molecule has 0 radical (unpaired) electrons. The Morgan fingerprint density at radius 1 is 1.00 bits per heavy atom. The van der Waals surface area contributed by atoms with Gasteiger partial charge in [0.15, 0.2) is 0 Å². The van der Waals surface area contributed by atoms with Crippen molar-refractivity contribution in [3.63, 3.8) is 0 Å². The molecule has 0 bridgehead atoms. The maximum Gasteiger partial charge on any atom is 0.233 e. The summed E-state index contributed by atoms with van der Waals surface area (Å²) in [6, 6.07) is 19.4. The SMILES string of the molecule is O=[N+]([O-])[C@@H]1CN(Cc2ccccc2)C[C@@H]1c1ccccc1. The number of nitrogens with zero attached hydrogens (tertiary/aromatic N) is 2. The molecule has 1 heterocycles. The van der Waals surface area contributed by atoms with E-state index in [1.807, 2.05) is 48.5 Å². The predicted octanol–water partition coefficient (Wildman–Crippen LogP) is 2.93. The van der Waals surface area contributed by atoms with Crippen LogP contribution in [0.4, 0.5) is 0 Å². The highest BCUT2D eigenvalue weighted by Crippen LogP contribution is 2.30. The molecule has 4 heteroatoms. The minimum absolute atomic E-state index is 0.0232. The summed E-state index contributed by atoms with van der Waals surface area (Å²) >= 11 is 0. The predicted molar refractivity (Wildman–Crippen MR) is 81.7 cm³/mol. The molecular formula is C17H18N2O2. The maximum atomic E-state index is 11.4. The summed E-state index contributed by atoms with van der Waals surface area (Å²) in [5.41, 5.74) is 2.27. The fraction of sp³-hybridized carbons (Fsp3) is 0.294. The van der Waals surface area contributed by atoms with E-state index in [1.165, 1.54) is 5.56 Å². The topological polar surface area (TPSA) is 46.4 Å². The smallest absolute Gasteiger partial charge is 0.233 e. The molecule has 2 aromatic carbocycles. The molecule has 0 amide bonds. The van der Waals surface area contributed by atoms with Gasteiger partial charge in [-0.25, -0.2) is 0 Å². The zero-order valence-electron chi connectivity index (χ0n) is 11.8. The number of hydrogen-bond acceptors (Lipinski definition) is 3. The van der Waals surface area contributed by atoms with Crippen LogP contribution in [0.1, 0.15) is 17.0 Å². The molecule has 0 aliphatic carbocycles. The van der Waals surface area contributed by atoms with Crippen LogP contribution in [0.3, 0.4) is 0 Å². The Labute approximate surface area is 124 Å². The monoisotopic (exact) mass is 282 g/mol. The molecule has 2 atom stereocenters. The first-order chi connectivity index (χ1) is 10.2. The summed E-state index contributed by atoms with van der Waals surface area (Å²) in [5, 5.41) is 11.4. The molecule has 0 saturated carbocycles. The molecule has 2 aromatic rings. The second-order valence-electron chi connectivity index (χ2n) is 5.55. The number of nitro groups is 1. The number of benzene rings is 2. The third kappa shape index (κ3) is 3.11. The van der Waals surface area contributed by atoms with Gasteiger partial charge < -0.3 is 0 Å². The summed E-state index contributed by atoms with van der Waals surface area (Å²) in [7, 11) is 0. The highest BCUT2D eigenvalue weighted by Gasteiger charge is 2.41. The fourth-order valence-electron chi connectivity index (χ4n) is 3.08. The Morgan fingerprint density at radius 3 is 2.24 bits per heavy atom. The van der Waals surface area contributed by atoms with Crippen molar-refractivity contribution in [2.24, 2.45) is 0 Å². The van der Waals surface area contributed by atoms with Crippen molar-refractivity contribution in [1.82, 2.24) is 4.90 Å². The van der Waals surface area contributed by atoms with Gasteiger partial charge in [0.1, 0.15) is 0 Å². The zero-order valence-corrected chi connectivity index (χ0v) is 11.8. The van der Waals surface area contributed by atoms with Crippen molar-refractivity contribution < 1.29 is 4.92 Å². The van der Waals surface area contributed by atoms with Crippen molar-refractivity contribution in [2.45, 2.75) is 18.5 Å². The second-order valence-corrected chi connectivity index (χ2v) is 5.55. The first-order valence-electron chi connectivity index (χ1n) is 7.19. The van der Waals surface area contributed by atoms with E-state index in [0.29, 0.717) is 6.54 Å². The number of likely N-dealkylation sites (tertiary alicyclic amines) is 1. The van der Waals surface area contributed by atoms with E-state index in [-0.39, 0.29) is 10.8 Å². The lowest BCUT2D eigenvalue weighted by molar-refractivity contribution is -0.521. The molecule has 1 aliphatic heterocycles. The van der Waals surface area contributed by atoms with Crippen molar-refractivity contribution in [2.75, 3.05) is 13.1 Å². The van der Waals surface area contributed by atoms with Gasteiger partial charge in [-0.15, -0.1) is 0 Å². The van der Waals surface area contributed by atoms with Gasteiger partial charge in [0.05, 0.1) is 12.5 Å². The summed E-state index contributed by atoms with van der Waals surface area (Å²) in [4.78, 5) is 13.4. The van der Waals surface area contributed by atoms with Crippen LogP contribution < -0.4 is 0 Å². The minimum atomic E-state index is -0.517. The van der Waals surface area contributed by atoms with Gasteiger partial charge in [-0.2, -0.15) is 0 Å². The minimum Gasteiger partial charge on any atom is -0.292 e. The lowest BCUT2D eigenvalue weighted by atomic mass is 9.95. The van der Waals surface area contributed by atoms with E-state index in [0.717, 1.165) is 18.7 Å². The molecule has 1 saturated heterocycles. The van der Waals surface area contributed by atoms with Gasteiger partial charge in [-0.3, -0.25) is 15.0 Å². The molecule has 0 aromatic heterocycles. The third-order valence-corrected chi connectivity index (χ3v) is 4.11.